The highest BCUT2D eigenvalue weighted by Crippen LogP contribution is 2.26. The summed E-state index contributed by atoms with van der Waals surface area (Å²) in [5, 5.41) is 12.9. The third kappa shape index (κ3) is 3.01. The van der Waals surface area contributed by atoms with E-state index in [1.807, 2.05) is 16.7 Å². The summed E-state index contributed by atoms with van der Waals surface area (Å²) in [4.78, 5) is 8.79. The van der Waals surface area contributed by atoms with Crippen molar-refractivity contribution in [3.05, 3.63) is 78.5 Å². The average Bonchev–Trinajstić information content (AvgIpc) is 3.06. The van der Waals surface area contributed by atoms with E-state index in [-0.39, 0.29) is 11.6 Å². The predicted molar refractivity (Wildman–Crippen MR) is 93.8 cm³/mol. The molecule has 2 aromatic carbocycles. The number of phenols is 1. The number of rotatable bonds is 4. The summed E-state index contributed by atoms with van der Waals surface area (Å²) in [7, 11) is 0. The van der Waals surface area contributed by atoms with Crippen LogP contribution in [-0.4, -0.2) is 19.5 Å². The molecule has 0 saturated heterocycles. The predicted octanol–water partition coefficient (Wildman–Crippen LogP) is 3.85. The minimum Gasteiger partial charge on any atom is -0.508 e. The maximum atomic E-state index is 13.0. The first kappa shape index (κ1) is 15.1. The molecule has 0 bridgehead atoms. The van der Waals surface area contributed by atoms with Crippen molar-refractivity contribution >= 4 is 11.5 Å². The smallest absolute Gasteiger partial charge is 0.180 e. The van der Waals surface area contributed by atoms with Crippen LogP contribution < -0.4 is 5.32 Å². The molecule has 25 heavy (non-hydrogen) atoms. The fourth-order valence-corrected chi connectivity index (χ4v) is 2.71. The van der Waals surface area contributed by atoms with Crippen molar-refractivity contribution < 1.29 is 9.50 Å². The number of imidazole rings is 1. The summed E-state index contributed by atoms with van der Waals surface area (Å²) in [5.41, 5.74) is 3.36. The SMILES string of the molecule is Oc1cccc(-c2cnc3c(NCc4ccc(F)cc4)nccn23)c1. The Morgan fingerprint density at radius 2 is 1.92 bits per heavy atom. The molecular weight excluding hydrogens is 319 g/mol. The number of phenolic OH excluding ortho intramolecular Hbond substituents is 1. The van der Waals surface area contributed by atoms with Gasteiger partial charge in [0.2, 0.25) is 0 Å². The van der Waals surface area contributed by atoms with Crippen molar-refractivity contribution in [3.8, 4) is 17.0 Å². The molecule has 0 spiro atoms. The summed E-state index contributed by atoms with van der Waals surface area (Å²) in [6.45, 7) is 0.515. The highest BCUT2D eigenvalue weighted by Gasteiger charge is 2.10. The van der Waals surface area contributed by atoms with E-state index in [9.17, 15) is 9.50 Å². The second kappa shape index (κ2) is 6.24. The first-order valence-corrected chi connectivity index (χ1v) is 7.80. The summed E-state index contributed by atoms with van der Waals surface area (Å²) in [5.74, 6) is 0.586. The van der Waals surface area contributed by atoms with Gasteiger partial charge in [-0.05, 0) is 29.8 Å². The van der Waals surface area contributed by atoms with Gasteiger partial charge in [-0.15, -0.1) is 0 Å². The molecule has 0 radical (unpaired) electrons. The lowest BCUT2D eigenvalue weighted by Crippen LogP contribution is -2.04. The van der Waals surface area contributed by atoms with E-state index in [2.05, 4.69) is 15.3 Å². The second-order valence-corrected chi connectivity index (χ2v) is 5.64. The lowest BCUT2D eigenvalue weighted by Gasteiger charge is -2.08. The molecule has 2 aromatic heterocycles. The van der Waals surface area contributed by atoms with Gasteiger partial charge in [0.05, 0.1) is 11.9 Å². The van der Waals surface area contributed by atoms with Crippen LogP contribution in [0, 0.1) is 5.82 Å². The average molecular weight is 334 g/mol. The molecule has 0 saturated carbocycles. The Labute approximate surface area is 143 Å². The van der Waals surface area contributed by atoms with Gasteiger partial charge in [0.25, 0.3) is 0 Å². The Hall–Kier alpha value is -3.41. The largest absolute Gasteiger partial charge is 0.508 e. The number of anilines is 1. The zero-order chi connectivity index (χ0) is 17.2. The molecular formula is C19H15FN4O. The van der Waals surface area contributed by atoms with Gasteiger partial charge in [-0.2, -0.15) is 0 Å². The number of halogens is 1. The first-order valence-electron chi connectivity index (χ1n) is 7.80. The van der Waals surface area contributed by atoms with Crippen LogP contribution in [0.1, 0.15) is 5.56 Å². The van der Waals surface area contributed by atoms with Gasteiger partial charge in [-0.25, -0.2) is 14.4 Å². The molecule has 4 aromatic rings. The number of nitrogens with one attached hydrogen (secondary N) is 1. The van der Waals surface area contributed by atoms with Crippen molar-refractivity contribution in [3.63, 3.8) is 0 Å². The van der Waals surface area contributed by atoms with E-state index in [0.29, 0.717) is 18.0 Å². The number of hydrogen-bond donors (Lipinski definition) is 2. The highest BCUT2D eigenvalue weighted by molar-refractivity contribution is 5.71. The Bertz CT molecular complexity index is 1030. The van der Waals surface area contributed by atoms with Gasteiger partial charge in [0, 0.05) is 24.5 Å². The third-order valence-electron chi connectivity index (χ3n) is 3.94. The Morgan fingerprint density at radius 1 is 1.08 bits per heavy atom. The molecule has 5 nitrogen and oxygen atoms in total. The number of benzene rings is 2. The minimum atomic E-state index is -0.256. The van der Waals surface area contributed by atoms with Gasteiger partial charge in [0.15, 0.2) is 11.5 Å². The van der Waals surface area contributed by atoms with E-state index in [4.69, 9.17) is 0 Å². The van der Waals surface area contributed by atoms with Gasteiger partial charge in [-0.1, -0.05) is 24.3 Å². The first-order chi connectivity index (χ1) is 12.2. The highest BCUT2D eigenvalue weighted by atomic mass is 19.1. The molecule has 124 valence electrons. The summed E-state index contributed by atoms with van der Waals surface area (Å²) < 4.78 is 14.9. The van der Waals surface area contributed by atoms with Crippen LogP contribution in [0.5, 0.6) is 5.75 Å². The fourth-order valence-electron chi connectivity index (χ4n) is 2.71. The van der Waals surface area contributed by atoms with Crippen molar-refractivity contribution in [2.24, 2.45) is 0 Å². The van der Waals surface area contributed by atoms with E-state index in [1.165, 1.54) is 12.1 Å². The van der Waals surface area contributed by atoms with Crippen LogP contribution >= 0.6 is 0 Å². The quantitative estimate of drug-likeness (QED) is 0.595. The molecule has 0 fully saturated rings. The molecule has 0 aliphatic heterocycles. The fraction of sp³-hybridized carbons (Fsp3) is 0.0526. The lowest BCUT2D eigenvalue weighted by atomic mass is 10.1. The number of aromatic nitrogens is 3. The van der Waals surface area contributed by atoms with Crippen LogP contribution in [0.25, 0.3) is 16.9 Å². The maximum absolute atomic E-state index is 13.0. The van der Waals surface area contributed by atoms with Gasteiger partial charge in [-0.3, -0.25) is 4.40 Å². The number of aromatic hydroxyl groups is 1. The Morgan fingerprint density at radius 3 is 2.72 bits per heavy atom. The van der Waals surface area contributed by atoms with Crippen molar-refractivity contribution in [2.75, 3.05) is 5.32 Å². The van der Waals surface area contributed by atoms with Crippen LogP contribution in [0.2, 0.25) is 0 Å². The molecule has 2 N–H and O–H groups in total. The van der Waals surface area contributed by atoms with Crippen LogP contribution in [0.15, 0.2) is 67.1 Å². The zero-order valence-corrected chi connectivity index (χ0v) is 13.2. The lowest BCUT2D eigenvalue weighted by molar-refractivity contribution is 0.475. The summed E-state index contributed by atoms with van der Waals surface area (Å²) in [6, 6.07) is 13.3. The van der Waals surface area contributed by atoms with Gasteiger partial charge < -0.3 is 10.4 Å². The van der Waals surface area contributed by atoms with E-state index < -0.39 is 0 Å². The Balaban J connectivity index is 1.66. The van der Waals surface area contributed by atoms with Gasteiger partial charge >= 0.3 is 0 Å². The molecule has 0 aliphatic carbocycles. The Kier molecular flexibility index (Phi) is 3.78. The molecule has 2 heterocycles. The number of hydrogen-bond acceptors (Lipinski definition) is 4. The van der Waals surface area contributed by atoms with E-state index in [0.717, 1.165) is 16.8 Å². The summed E-state index contributed by atoms with van der Waals surface area (Å²) >= 11 is 0. The molecule has 6 heteroatoms. The maximum Gasteiger partial charge on any atom is 0.180 e. The van der Waals surface area contributed by atoms with Crippen LogP contribution in [0.3, 0.4) is 0 Å². The summed E-state index contributed by atoms with van der Waals surface area (Å²) in [6.07, 6.45) is 5.26. The van der Waals surface area contributed by atoms with E-state index in [1.54, 1.807) is 42.7 Å². The van der Waals surface area contributed by atoms with Crippen molar-refractivity contribution in [1.82, 2.24) is 14.4 Å². The van der Waals surface area contributed by atoms with Crippen LogP contribution in [0.4, 0.5) is 10.2 Å². The monoisotopic (exact) mass is 334 g/mol. The topological polar surface area (TPSA) is 62.5 Å². The van der Waals surface area contributed by atoms with Crippen molar-refractivity contribution in [2.45, 2.75) is 6.54 Å². The molecule has 0 unspecified atom stereocenters. The number of fused-ring (bicyclic) bond motifs is 1. The molecule has 0 atom stereocenters. The minimum absolute atomic E-state index is 0.205. The van der Waals surface area contributed by atoms with Gasteiger partial charge in [0.1, 0.15) is 11.6 Å². The standard InChI is InChI=1S/C19H15FN4O/c20-15-6-4-13(5-7-15)11-22-18-19-23-12-17(24(19)9-8-21-18)14-2-1-3-16(25)10-14/h1-10,12,25H,11H2,(H,21,22). The van der Waals surface area contributed by atoms with Crippen LogP contribution in [-0.2, 0) is 6.54 Å². The molecule has 0 aliphatic rings. The second-order valence-electron chi connectivity index (χ2n) is 5.64. The zero-order valence-electron chi connectivity index (χ0n) is 13.2. The number of nitrogens with zero attached hydrogens (tertiary/aromatic N) is 3. The molecule has 4 rings (SSSR count). The van der Waals surface area contributed by atoms with Crippen molar-refractivity contribution in [1.29, 1.82) is 0 Å². The van der Waals surface area contributed by atoms with E-state index >= 15 is 0 Å². The third-order valence-corrected chi connectivity index (χ3v) is 3.94. The molecule has 0 amide bonds. The normalized spacial score (nSPS) is 10.9.